The lowest BCUT2D eigenvalue weighted by atomic mass is 10.1. The topological polar surface area (TPSA) is 95.3 Å². The summed E-state index contributed by atoms with van der Waals surface area (Å²) in [5.41, 5.74) is 7.21. The molecule has 2 rings (SSSR count). The van der Waals surface area contributed by atoms with Gasteiger partial charge in [0.25, 0.3) is 11.7 Å². The number of hydrogen-bond acceptors (Lipinski definition) is 5. The van der Waals surface area contributed by atoms with Gasteiger partial charge in [-0.25, -0.2) is 9.71 Å². The van der Waals surface area contributed by atoms with Gasteiger partial charge in [0.1, 0.15) is 6.61 Å². The molecule has 0 radical (unpaired) electrons. The van der Waals surface area contributed by atoms with Gasteiger partial charge in [-0.2, -0.15) is 0 Å². The third-order valence-corrected chi connectivity index (χ3v) is 3.21. The second-order valence-electron chi connectivity index (χ2n) is 5.52. The second kappa shape index (κ2) is 7.09. The fourth-order valence-corrected chi connectivity index (χ4v) is 2.11. The number of nitrogen functional groups attached to an aromatic ring is 1. The van der Waals surface area contributed by atoms with E-state index in [9.17, 15) is 10.3 Å². The van der Waals surface area contributed by atoms with E-state index < -0.39 is 6.61 Å². The molecule has 6 nitrogen and oxygen atoms in total. The molecule has 0 saturated carbocycles. The van der Waals surface area contributed by atoms with Gasteiger partial charge < -0.3 is 15.1 Å². The number of aliphatic hydroxyl groups is 1. The van der Waals surface area contributed by atoms with Crippen LogP contribution in [-0.4, -0.2) is 10.1 Å². The van der Waals surface area contributed by atoms with Crippen LogP contribution in [0, 0.1) is 11.1 Å². The van der Waals surface area contributed by atoms with Crippen molar-refractivity contribution in [3.8, 4) is 5.88 Å². The van der Waals surface area contributed by atoms with Crippen molar-refractivity contribution in [3.05, 3.63) is 52.5 Å². The number of hydrogen-bond donors (Lipinski definition) is 2. The molecule has 22 heavy (non-hydrogen) atoms. The number of aliphatic hydroxyl groups excluding tert-OH is 1. The van der Waals surface area contributed by atoms with Crippen LogP contribution in [0.3, 0.4) is 0 Å². The van der Waals surface area contributed by atoms with E-state index in [1.807, 2.05) is 44.2 Å². The molecule has 0 aliphatic heterocycles. The Kier molecular flexibility index (Phi) is 5.16. The summed E-state index contributed by atoms with van der Waals surface area (Å²) in [6, 6.07) is 9.61. The van der Waals surface area contributed by atoms with Crippen molar-refractivity contribution in [2.45, 2.75) is 33.5 Å². The minimum absolute atomic E-state index is 0.0785. The molecule has 0 aliphatic carbocycles. The lowest BCUT2D eigenvalue weighted by Crippen LogP contribution is -2.38. The molecule has 0 saturated heterocycles. The fraction of sp³-hybridized carbons (Fsp3) is 0.375. The predicted octanol–water partition coefficient (Wildman–Crippen LogP) is 1.57. The molecule has 0 atom stereocenters. The number of rotatable bonds is 6. The molecule has 0 bridgehead atoms. The molecule has 2 aromatic rings. The predicted molar refractivity (Wildman–Crippen MR) is 82.8 cm³/mol. The third kappa shape index (κ3) is 3.65. The first-order valence-electron chi connectivity index (χ1n) is 7.21. The summed E-state index contributed by atoms with van der Waals surface area (Å²) in [5, 5.41) is 21.6. The van der Waals surface area contributed by atoms with Crippen LogP contribution in [-0.2, 0) is 19.6 Å². The highest BCUT2D eigenvalue weighted by Crippen LogP contribution is 2.20. The number of nitrogens with two attached hydrogens (primary N) is 1. The van der Waals surface area contributed by atoms with Crippen LogP contribution in [0.15, 0.2) is 30.3 Å². The number of anilines is 1. The molecular formula is C16H21N3O3. The molecule has 6 heteroatoms. The van der Waals surface area contributed by atoms with Gasteiger partial charge in [-0.3, -0.25) is 5.73 Å². The lowest BCUT2D eigenvalue weighted by molar-refractivity contribution is -0.600. The van der Waals surface area contributed by atoms with Crippen LogP contribution < -0.4 is 15.2 Å². The zero-order chi connectivity index (χ0) is 16.1. The average Bonchev–Trinajstić information content (AvgIpc) is 2.52. The zero-order valence-electron chi connectivity index (χ0n) is 12.8. The first kappa shape index (κ1) is 16.0. The Bertz CT molecular complexity index is 630. The third-order valence-electron chi connectivity index (χ3n) is 3.21. The monoisotopic (exact) mass is 303 g/mol. The summed E-state index contributed by atoms with van der Waals surface area (Å²) >= 11 is 0. The van der Waals surface area contributed by atoms with Gasteiger partial charge in [0, 0.05) is 6.42 Å². The number of benzene rings is 1. The Morgan fingerprint density at radius 2 is 2.00 bits per heavy atom. The maximum absolute atomic E-state index is 12.3. The molecule has 1 heterocycles. The van der Waals surface area contributed by atoms with Crippen LogP contribution in [0.2, 0.25) is 0 Å². The number of nitrogens with zero attached hydrogens (tertiary/aromatic N) is 2. The maximum atomic E-state index is 12.3. The summed E-state index contributed by atoms with van der Waals surface area (Å²) < 4.78 is 6.31. The lowest BCUT2D eigenvalue weighted by Gasteiger charge is -2.18. The Morgan fingerprint density at radius 3 is 2.59 bits per heavy atom. The van der Waals surface area contributed by atoms with Gasteiger partial charge in [-0.15, -0.1) is 0 Å². The Morgan fingerprint density at radius 1 is 1.32 bits per heavy atom. The first-order valence-corrected chi connectivity index (χ1v) is 7.21. The van der Waals surface area contributed by atoms with Crippen molar-refractivity contribution in [1.29, 1.82) is 0 Å². The van der Waals surface area contributed by atoms with E-state index in [0.717, 1.165) is 5.56 Å². The van der Waals surface area contributed by atoms with E-state index >= 15 is 0 Å². The normalized spacial score (nSPS) is 10.9. The summed E-state index contributed by atoms with van der Waals surface area (Å²) in [7, 11) is 0. The molecule has 1 aromatic heterocycles. The van der Waals surface area contributed by atoms with Crippen molar-refractivity contribution >= 4 is 5.82 Å². The molecule has 0 aliphatic rings. The summed E-state index contributed by atoms with van der Waals surface area (Å²) in [6.07, 6.45) is 0.497. The molecule has 0 fully saturated rings. The van der Waals surface area contributed by atoms with Crippen LogP contribution in [0.25, 0.3) is 0 Å². The SMILES string of the molecule is CC(C)Cc1c(OCc2ccccc2)nc(CO)c(N)[n+]1[O-]. The Balaban J connectivity index is 2.32. The standard InChI is InChI=1S/C16H21N3O3/c1-11(2)8-14-16(18-13(9-20)15(17)19(14)21)22-10-12-6-4-3-5-7-12/h3-7,11,20H,8-10,17H2,1-2H3. The van der Waals surface area contributed by atoms with Crippen LogP contribution in [0.1, 0.15) is 30.8 Å². The highest BCUT2D eigenvalue weighted by Gasteiger charge is 2.20. The average molecular weight is 303 g/mol. The largest absolute Gasteiger partial charge is 0.710 e. The van der Waals surface area contributed by atoms with Crippen molar-refractivity contribution in [2.24, 2.45) is 5.92 Å². The van der Waals surface area contributed by atoms with E-state index in [4.69, 9.17) is 10.5 Å². The first-order chi connectivity index (χ1) is 10.5. The van der Waals surface area contributed by atoms with E-state index in [-0.39, 0.29) is 23.3 Å². The molecule has 3 N–H and O–H groups in total. The Hall–Kier alpha value is -2.34. The summed E-state index contributed by atoms with van der Waals surface area (Å²) in [4.78, 5) is 4.20. The van der Waals surface area contributed by atoms with Gasteiger partial charge in [0.05, 0.1) is 6.61 Å². The van der Waals surface area contributed by atoms with E-state index in [0.29, 0.717) is 23.5 Å². The van der Waals surface area contributed by atoms with Gasteiger partial charge in [-0.05, 0) is 11.5 Å². The van der Waals surface area contributed by atoms with E-state index in [1.165, 1.54) is 0 Å². The highest BCUT2D eigenvalue weighted by molar-refractivity contribution is 5.32. The number of ether oxygens (including phenoxy) is 1. The molecule has 118 valence electrons. The summed E-state index contributed by atoms with van der Waals surface area (Å²) in [5.74, 6) is 0.400. The molecule has 0 unspecified atom stereocenters. The minimum atomic E-state index is -0.405. The van der Waals surface area contributed by atoms with Gasteiger partial charge in [0.2, 0.25) is 0 Å². The van der Waals surface area contributed by atoms with Crippen molar-refractivity contribution in [1.82, 2.24) is 4.98 Å². The van der Waals surface area contributed by atoms with Crippen molar-refractivity contribution in [2.75, 3.05) is 5.73 Å². The van der Waals surface area contributed by atoms with Crippen LogP contribution in [0.5, 0.6) is 5.88 Å². The van der Waals surface area contributed by atoms with Crippen LogP contribution in [0.4, 0.5) is 5.82 Å². The smallest absolute Gasteiger partial charge is 0.300 e. The highest BCUT2D eigenvalue weighted by atomic mass is 16.5. The summed E-state index contributed by atoms with van der Waals surface area (Å²) in [6.45, 7) is 3.89. The van der Waals surface area contributed by atoms with Gasteiger partial charge >= 0.3 is 0 Å². The minimum Gasteiger partial charge on any atom is -0.710 e. The zero-order valence-corrected chi connectivity index (χ0v) is 12.8. The molecule has 0 amide bonds. The van der Waals surface area contributed by atoms with Crippen molar-refractivity contribution in [3.63, 3.8) is 0 Å². The molecule has 0 spiro atoms. The fourth-order valence-electron chi connectivity index (χ4n) is 2.11. The molecule has 1 aromatic carbocycles. The Labute approximate surface area is 129 Å². The van der Waals surface area contributed by atoms with Gasteiger partial charge in [-0.1, -0.05) is 44.2 Å². The maximum Gasteiger partial charge on any atom is 0.300 e. The number of aromatic nitrogens is 2. The van der Waals surface area contributed by atoms with E-state index in [2.05, 4.69) is 4.98 Å². The van der Waals surface area contributed by atoms with Crippen molar-refractivity contribution < 1.29 is 14.6 Å². The van der Waals surface area contributed by atoms with Crippen LogP contribution >= 0.6 is 0 Å². The van der Waals surface area contributed by atoms with E-state index in [1.54, 1.807) is 0 Å². The molecular weight excluding hydrogens is 282 g/mol. The second-order valence-corrected chi connectivity index (χ2v) is 5.52. The van der Waals surface area contributed by atoms with Gasteiger partial charge in [0.15, 0.2) is 11.4 Å². The quantitative estimate of drug-likeness (QED) is 0.624.